The summed E-state index contributed by atoms with van der Waals surface area (Å²) in [6, 6.07) is 3.96. The van der Waals surface area contributed by atoms with E-state index < -0.39 is 11.7 Å². The summed E-state index contributed by atoms with van der Waals surface area (Å²) in [4.78, 5) is 0. The molecule has 0 amide bonds. The molecular formula is C15H19ClF3N. The van der Waals surface area contributed by atoms with Crippen molar-refractivity contribution < 1.29 is 13.2 Å². The summed E-state index contributed by atoms with van der Waals surface area (Å²) in [6.07, 6.45) is -0.626. The first-order chi connectivity index (χ1) is 9.19. The van der Waals surface area contributed by atoms with Crippen molar-refractivity contribution in [2.24, 2.45) is 5.41 Å². The van der Waals surface area contributed by atoms with E-state index in [1.54, 1.807) is 0 Å². The van der Waals surface area contributed by atoms with Crippen LogP contribution in [0.2, 0.25) is 5.02 Å². The van der Waals surface area contributed by atoms with Crippen molar-refractivity contribution >= 4 is 17.3 Å². The van der Waals surface area contributed by atoms with E-state index in [1.807, 2.05) is 0 Å². The van der Waals surface area contributed by atoms with Crippen molar-refractivity contribution in [2.75, 3.05) is 5.32 Å². The van der Waals surface area contributed by atoms with Gasteiger partial charge in [-0.1, -0.05) is 31.5 Å². The minimum Gasteiger partial charge on any atom is -0.381 e. The molecule has 0 aromatic heterocycles. The Hall–Kier alpha value is -0.900. The van der Waals surface area contributed by atoms with Crippen molar-refractivity contribution in [2.45, 2.75) is 51.7 Å². The maximum absolute atomic E-state index is 13.0. The quantitative estimate of drug-likeness (QED) is 0.734. The second-order valence-corrected chi connectivity index (χ2v) is 6.65. The Labute approximate surface area is 122 Å². The Kier molecular flexibility index (Phi) is 4.24. The largest absolute Gasteiger partial charge is 0.418 e. The zero-order valence-electron chi connectivity index (χ0n) is 11.6. The average molecular weight is 306 g/mol. The van der Waals surface area contributed by atoms with Crippen LogP contribution in [0.4, 0.5) is 18.9 Å². The fraction of sp³-hybridized carbons (Fsp3) is 0.600. The summed E-state index contributed by atoms with van der Waals surface area (Å²) in [6.45, 7) is 4.39. The van der Waals surface area contributed by atoms with Crippen molar-refractivity contribution in [3.8, 4) is 0 Å². The second kappa shape index (κ2) is 5.47. The van der Waals surface area contributed by atoms with Gasteiger partial charge in [0.25, 0.3) is 0 Å². The molecule has 2 rings (SSSR count). The van der Waals surface area contributed by atoms with Gasteiger partial charge in [-0.3, -0.25) is 0 Å². The van der Waals surface area contributed by atoms with Crippen LogP contribution in [0.3, 0.4) is 0 Å². The highest BCUT2D eigenvalue weighted by molar-refractivity contribution is 6.33. The van der Waals surface area contributed by atoms with Crippen molar-refractivity contribution in [1.82, 2.24) is 0 Å². The Morgan fingerprint density at radius 2 is 1.80 bits per heavy atom. The van der Waals surface area contributed by atoms with Gasteiger partial charge in [0.2, 0.25) is 0 Å². The van der Waals surface area contributed by atoms with E-state index in [9.17, 15) is 13.2 Å². The van der Waals surface area contributed by atoms with E-state index >= 15 is 0 Å². The molecule has 1 nitrogen and oxygen atoms in total. The molecule has 0 aliphatic heterocycles. The van der Waals surface area contributed by atoms with Gasteiger partial charge in [-0.2, -0.15) is 13.2 Å². The molecular weight excluding hydrogens is 287 g/mol. The molecule has 0 spiro atoms. The second-order valence-electron chi connectivity index (χ2n) is 6.24. The number of para-hydroxylation sites is 1. The standard InChI is InChI=1S/C15H19ClF3N/c1-14(2)8-6-10(7-9-14)20-13-11(15(17,18)19)4-3-5-12(13)16/h3-5,10,20H,6-9H2,1-2H3. The smallest absolute Gasteiger partial charge is 0.381 e. The normalized spacial score (nSPS) is 19.9. The monoisotopic (exact) mass is 305 g/mol. The summed E-state index contributed by atoms with van der Waals surface area (Å²) in [5.41, 5.74) is -0.382. The van der Waals surface area contributed by atoms with E-state index in [2.05, 4.69) is 19.2 Å². The fourth-order valence-electron chi connectivity index (χ4n) is 2.65. The summed E-state index contributed by atoms with van der Waals surface area (Å²) in [5, 5.41) is 3.14. The van der Waals surface area contributed by atoms with Gasteiger partial charge in [0.1, 0.15) is 0 Å². The molecule has 0 radical (unpaired) electrons. The summed E-state index contributed by atoms with van der Waals surface area (Å²) in [5.74, 6) is 0. The first-order valence-corrected chi connectivity index (χ1v) is 7.19. The summed E-state index contributed by atoms with van der Waals surface area (Å²) >= 11 is 5.95. The number of halogens is 4. The molecule has 1 N–H and O–H groups in total. The first-order valence-electron chi connectivity index (χ1n) is 6.81. The van der Waals surface area contributed by atoms with E-state index in [0.29, 0.717) is 0 Å². The van der Waals surface area contributed by atoms with E-state index in [0.717, 1.165) is 31.7 Å². The van der Waals surface area contributed by atoms with Gasteiger partial charge in [0.15, 0.2) is 0 Å². The van der Waals surface area contributed by atoms with Crippen LogP contribution in [0.25, 0.3) is 0 Å². The molecule has 1 saturated carbocycles. The zero-order chi connectivity index (χ0) is 15.0. The van der Waals surface area contributed by atoms with Gasteiger partial charge in [-0.25, -0.2) is 0 Å². The van der Waals surface area contributed by atoms with Crippen LogP contribution in [0.15, 0.2) is 18.2 Å². The molecule has 1 aromatic carbocycles. The Bertz CT molecular complexity index is 472. The fourth-order valence-corrected chi connectivity index (χ4v) is 2.88. The molecule has 0 saturated heterocycles. The summed E-state index contributed by atoms with van der Waals surface area (Å²) in [7, 11) is 0. The van der Waals surface area contributed by atoms with Crippen LogP contribution >= 0.6 is 11.6 Å². The molecule has 112 valence electrons. The predicted molar refractivity (Wildman–Crippen MR) is 76.1 cm³/mol. The third kappa shape index (κ3) is 3.60. The molecule has 0 atom stereocenters. The number of hydrogen-bond donors (Lipinski definition) is 1. The van der Waals surface area contributed by atoms with Crippen LogP contribution in [0, 0.1) is 5.41 Å². The lowest BCUT2D eigenvalue weighted by Gasteiger charge is -2.35. The Morgan fingerprint density at radius 3 is 2.35 bits per heavy atom. The van der Waals surface area contributed by atoms with Crippen LogP contribution < -0.4 is 5.32 Å². The lowest BCUT2D eigenvalue weighted by molar-refractivity contribution is -0.137. The highest BCUT2D eigenvalue weighted by Gasteiger charge is 2.35. The lowest BCUT2D eigenvalue weighted by atomic mass is 9.75. The number of anilines is 1. The van der Waals surface area contributed by atoms with Gasteiger partial charge in [0.05, 0.1) is 16.3 Å². The Morgan fingerprint density at radius 1 is 1.20 bits per heavy atom. The maximum atomic E-state index is 13.0. The highest BCUT2D eigenvalue weighted by Crippen LogP contribution is 2.41. The molecule has 1 fully saturated rings. The molecule has 1 aliphatic carbocycles. The SMILES string of the molecule is CC1(C)CCC(Nc2c(Cl)cccc2C(F)(F)F)CC1. The van der Waals surface area contributed by atoms with Gasteiger partial charge in [0, 0.05) is 6.04 Å². The van der Waals surface area contributed by atoms with Gasteiger partial charge < -0.3 is 5.32 Å². The van der Waals surface area contributed by atoms with Crippen LogP contribution in [-0.4, -0.2) is 6.04 Å². The number of alkyl halides is 3. The molecule has 1 aromatic rings. The zero-order valence-corrected chi connectivity index (χ0v) is 12.4. The molecule has 20 heavy (non-hydrogen) atoms. The van der Waals surface area contributed by atoms with Gasteiger partial charge >= 0.3 is 6.18 Å². The van der Waals surface area contributed by atoms with Crippen LogP contribution in [-0.2, 0) is 6.18 Å². The molecule has 0 bridgehead atoms. The number of nitrogens with one attached hydrogen (secondary N) is 1. The maximum Gasteiger partial charge on any atom is 0.418 e. The van der Waals surface area contributed by atoms with E-state index in [1.165, 1.54) is 12.1 Å². The lowest BCUT2D eigenvalue weighted by Crippen LogP contribution is -2.30. The number of hydrogen-bond acceptors (Lipinski definition) is 1. The van der Waals surface area contributed by atoms with Gasteiger partial charge in [-0.05, 0) is 43.2 Å². The Balaban J connectivity index is 2.18. The minimum atomic E-state index is -4.39. The summed E-state index contributed by atoms with van der Waals surface area (Å²) < 4.78 is 39.0. The molecule has 0 unspecified atom stereocenters. The molecule has 1 aliphatic rings. The third-order valence-electron chi connectivity index (χ3n) is 4.01. The average Bonchev–Trinajstić information content (AvgIpc) is 2.32. The van der Waals surface area contributed by atoms with Gasteiger partial charge in [-0.15, -0.1) is 0 Å². The van der Waals surface area contributed by atoms with Crippen LogP contribution in [0.5, 0.6) is 0 Å². The van der Waals surface area contributed by atoms with E-state index in [4.69, 9.17) is 11.6 Å². The van der Waals surface area contributed by atoms with Crippen molar-refractivity contribution in [3.05, 3.63) is 28.8 Å². The highest BCUT2D eigenvalue weighted by atomic mass is 35.5. The van der Waals surface area contributed by atoms with Crippen molar-refractivity contribution in [3.63, 3.8) is 0 Å². The third-order valence-corrected chi connectivity index (χ3v) is 4.32. The topological polar surface area (TPSA) is 12.0 Å². The van der Waals surface area contributed by atoms with Crippen LogP contribution in [0.1, 0.15) is 45.1 Å². The van der Waals surface area contributed by atoms with E-state index in [-0.39, 0.29) is 22.2 Å². The van der Waals surface area contributed by atoms with Crippen molar-refractivity contribution in [1.29, 1.82) is 0 Å². The molecule has 5 heteroatoms. The number of benzene rings is 1. The minimum absolute atomic E-state index is 0.0198. The first kappa shape index (κ1) is 15.5. The predicted octanol–water partition coefficient (Wildman–Crippen LogP) is 5.74. The molecule has 0 heterocycles. The number of rotatable bonds is 2.